The molecule has 3 aromatic rings. The van der Waals surface area contributed by atoms with Crippen molar-refractivity contribution in [3.63, 3.8) is 0 Å². The van der Waals surface area contributed by atoms with Crippen molar-refractivity contribution in [2.75, 3.05) is 13.2 Å². The Labute approximate surface area is 166 Å². The van der Waals surface area contributed by atoms with Crippen molar-refractivity contribution in [1.29, 1.82) is 0 Å². The summed E-state index contributed by atoms with van der Waals surface area (Å²) in [6, 6.07) is 0. The fraction of sp³-hybridized carbons (Fsp3) is 0.556. The number of nitrogens with zero attached hydrogens (tertiary/aromatic N) is 4. The summed E-state index contributed by atoms with van der Waals surface area (Å²) in [6.07, 6.45) is 0.755. The van der Waals surface area contributed by atoms with E-state index < -0.39 is 0 Å². The highest BCUT2D eigenvalue weighted by atomic mass is 32.2. The molecule has 27 heavy (non-hydrogen) atoms. The van der Waals surface area contributed by atoms with Gasteiger partial charge in [0.15, 0.2) is 11.0 Å². The second-order valence-electron chi connectivity index (χ2n) is 6.30. The predicted molar refractivity (Wildman–Crippen MR) is 108 cm³/mol. The number of hydrogen-bond acceptors (Lipinski definition) is 8. The van der Waals surface area contributed by atoms with E-state index in [-0.39, 0.29) is 10.8 Å². The Bertz CT molecular complexity index is 993. The Balaban J connectivity index is 1.99. The summed E-state index contributed by atoms with van der Waals surface area (Å²) >= 11 is 3.03. The van der Waals surface area contributed by atoms with Gasteiger partial charge in [-0.2, -0.15) is 4.98 Å². The smallest absolute Gasteiger partial charge is 0.263 e. The number of hydrogen-bond donors (Lipinski definition) is 0. The molecule has 0 saturated carbocycles. The second-order valence-corrected chi connectivity index (χ2v) is 8.82. The molecule has 0 radical (unpaired) electrons. The van der Waals surface area contributed by atoms with E-state index in [2.05, 4.69) is 10.1 Å². The zero-order valence-electron chi connectivity index (χ0n) is 16.2. The summed E-state index contributed by atoms with van der Waals surface area (Å²) in [6.45, 7) is 11.6. The van der Waals surface area contributed by atoms with Crippen LogP contribution in [0, 0.1) is 20.8 Å². The van der Waals surface area contributed by atoms with E-state index in [1.807, 2.05) is 27.7 Å². The van der Waals surface area contributed by atoms with Gasteiger partial charge in [-0.05, 0) is 46.6 Å². The van der Waals surface area contributed by atoms with Crippen LogP contribution in [0.2, 0.25) is 0 Å². The SMILES string of the molecule is CCOCCCn1c(SC(C)c2nc(C)no2)nc2sc(C)c(C)c2c1=O. The Morgan fingerprint density at radius 3 is 2.74 bits per heavy atom. The molecule has 0 aliphatic heterocycles. The third kappa shape index (κ3) is 4.25. The van der Waals surface area contributed by atoms with Crippen LogP contribution in [0.1, 0.15) is 47.7 Å². The van der Waals surface area contributed by atoms with Crippen molar-refractivity contribution in [1.82, 2.24) is 19.7 Å². The van der Waals surface area contributed by atoms with Gasteiger partial charge in [-0.25, -0.2) is 4.98 Å². The highest BCUT2D eigenvalue weighted by Gasteiger charge is 2.21. The minimum Gasteiger partial charge on any atom is -0.382 e. The molecule has 7 nitrogen and oxygen atoms in total. The second kappa shape index (κ2) is 8.53. The fourth-order valence-electron chi connectivity index (χ4n) is 2.75. The number of aryl methyl sites for hydroxylation is 3. The first kappa shape index (κ1) is 20.0. The van der Waals surface area contributed by atoms with Gasteiger partial charge in [-0.1, -0.05) is 16.9 Å². The van der Waals surface area contributed by atoms with Crippen LogP contribution in [0.4, 0.5) is 0 Å². The maximum absolute atomic E-state index is 13.2. The number of aromatic nitrogens is 4. The van der Waals surface area contributed by atoms with Crippen molar-refractivity contribution in [3.8, 4) is 0 Å². The Kier molecular flexibility index (Phi) is 6.33. The van der Waals surface area contributed by atoms with Gasteiger partial charge in [0.05, 0.1) is 10.6 Å². The Morgan fingerprint density at radius 2 is 2.07 bits per heavy atom. The zero-order valence-corrected chi connectivity index (χ0v) is 17.9. The van der Waals surface area contributed by atoms with Crippen molar-refractivity contribution in [3.05, 3.63) is 32.5 Å². The van der Waals surface area contributed by atoms with Crippen LogP contribution in [0.25, 0.3) is 10.2 Å². The van der Waals surface area contributed by atoms with Gasteiger partial charge in [0, 0.05) is 24.6 Å². The highest BCUT2D eigenvalue weighted by molar-refractivity contribution is 7.99. The minimum atomic E-state index is -0.101. The molecule has 1 atom stereocenters. The fourth-order valence-corrected chi connectivity index (χ4v) is 4.79. The summed E-state index contributed by atoms with van der Waals surface area (Å²) in [5.41, 5.74) is 1.03. The van der Waals surface area contributed by atoms with Crippen molar-refractivity contribution in [2.24, 2.45) is 0 Å². The van der Waals surface area contributed by atoms with Gasteiger partial charge in [0.2, 0.25) is 5.89 Å². The van der Waals surface area contributed by atoms with Crippen LogP contribution in [0.5, 0.6) is 0 Å². The molecule has 3 rings (SSSR count). The Morgan fingerprint density at radius 1 is 1.30 bits per heavy atom. The molecular formula is C18H24N4O3S2. The molecule has 9 heteroatoms. The van der Waals surface area contributed by atoms with Gasteiger partial charge in [0.1, 0.15) is 4.83 Å². The maximum atomic E-state index is 13.2. The molecule has 0 aliphatic carbocycles. The highest BCUT2D eigenvalue weighted by Crippen LogP contribution is 2.35. The number of ether oxygens (including phenoxy) is 1. The van der Waals surface area contributed by atoms with Crippen molar-refractivity contribution >= 4 is 33.3 Å². The van der Waals surface area contributed by atoms with Gasteiger partial charge < -0.3 is 9.26 Å². The molecule has 0 bridgehead atoms. The van der Waals surface area contributed by atoms with E-state index in [0.717, 1.165) is 27.1 Å². The van der Waals surface area contributed by atoms with E-state index in [4.69, 9.17) is 14.2 Å². The summed E-state index contributed by atoms with van der Waals surface area (Å²) < 4.78 is 12.5. The van der Waals surface area contributed by atoms with E-state index in [1.54, 1.807) is 22.8 Å². The molecular weight excluding hydrogens is 384 g/mol. The van der Waals surface area contributed by atoms with Crippen LogP contribution >= 0.6 is 23.1 Å². The van der Waals surface area contributed by atoms with Gasteiger partial charge in [0.25, 0.3) is 5.56 Å². The summed E-state index contributed by atoms with van der Waals surface area (Å²) in [4.78, 5) is 24.2. The molecule has 0 N–H and O–H groups in total. The molecule has 0 aromatic carbocycles. The van der Waals surface area contributed by atoms with Crippen LogP contribution in [0.15, 0.2) is 14.5 Å². The largest absolute Gasteiger partial charge is 0.382 e. The number of thiophene rings is 1. The average Bonchev–Trinajstić information content (AvgIpc) is 3.18. The van der Waals surface area contributed by atoms with Crippen molar-refractivity contribution in [2.45, 2.75) is 58.0 Å². The molecule has 0 aliphatic rings. The maximum Gasteiger partial charge on any atom is 0.263 e. The van der Waals surface area contributed by atoms with Crippen LogP contribution in [-0.4, -0.2) is 32.9 Å². The minimum absolute atomic E-state index is 0.00904. The average molecular weight is 409 g/mol. The lowest BCUT2D eigenvalue weighted by Crippen LogP contribution is -2.24. The zero-order chi connectivity index (χ0) is 19.6. The molecule has 146 valence electrons. The predicted octanol–water partition coefficient (Wildman–Crippen LogP) is 4.05. The quantitative estimate of drug-likeness (QED) is 0.316. The van der Waals surface area contributed by atoms with Crippen LogP contribution in [0.3, 0.4) is 0 Å². The molecule has 3 heterocycles. The van der Waals surface area contributed by atoms with E-state index in [9.17, 15) is 4.79 Å². The first-order chi connectivity index (χ1) is 12.9. The first-order valence-corrected chi connectivity index (χ1v) is 10.7. The van der Waals surface area contributed by atoms with E-state index in [0.29, 0.717) is 36.6 Å². The molecule has 0 saturated heterocycles. The van der Waals surface area contributed by atoms with Crippen LogP contribution in [-0.2, 0) is 11.3 Å². The number of rotatable bonds is 8. The third-order valence-electron chi connectivity index (χ3n) is 4.30. The van der Waals surface area contributed by atoms with E-state index >= 15 is 0 Å². The molecule has 0 fully saturated rings. The normalized spacial score (nSPS) is 12.8. The standard InChI is InChI=1S/C18H24N4O3S2/c1-6-24-9-7-8-22-17(23)14-10(2)11(3)26-16(14)20-18(22)27-12(4)15-19-13(5)21-25-15/h12H,6-9H2,1-5H3. The molecule has 0 amide bonds. The number of fused-ring (bicyclic) bond motifs is 1. The monoisotopic (exact) mass is 408 g/mol. The lowest BCUT2D eigenvalue weighted by molar-refractivity contribution is 0.140. The van der Waals surface area contributed by atoms with Crippen LogP contribution < -0.4 is 5.56 Å². The molecule has 0 spiro atoms. The topological polar surface area (TPSA) is 83.0 Å². The summed E-state index contributed by atoms with van der Waals surface area (Å²) in [5, 5.41) is 5.15. The molecule has 1 unspecified atom stereocenters. The third-order valence-corrected chi connectivity index (χ3v) is 6.48. The summed E-state index contributed by atoms with van der Waals surface area (Å²) in [7, 11) is 0. The molecule has 3 aromatic heterocycles. The first-order valence-electron chi connectivity index (χ1n) is 8.97. The van der Waals surface area contributed by atoms with Crippen molar-refractivity contribution < 1.29 is 9.26 Å². The number of thioether (sulfide) groups is 1. The van der Waals surface area contributed by atoms with Gasteiger partial charge in [-0.15, -0.1) is 11.3 Å². The summed E-state index contributed by atoms with van der Waals surface area (Å²) in [5.74, 6) is 1.13. The van der Waals surface area contributed by atoms with Gasteiger partial charge >= 0.3 is 0 Å². The lowest BCUT2D eigenvalue weighted by atomic mass is 10.2. The Hall–Kier alpha value is -1.71. The van der Waals surface area contributed by atoms with Gasteiger partial charge in [-0.3, -0.25) is 9.36 Å². The van der Waals surface area contributed by atoms with E-state index in [1.165, 1.54) is 11.8 Å². The lowest BCUT2D eigenvalue weighted by Gasteiger charge is -2.14.